The Kier molecular flexibility index (Phi) is 4.84. The summed E-state index contributed by atoms with van der Waals surface area (Å²) >= 11 is 0. The zero-order chi connectivity index (χ0) is 15.1. The van der Waals surface area contributed by atoms with Crippen LogP contribution in [0.1, 0.15) is 19.3 Å². The van der Waals surface area contributed by atoms with E-state index < -0.39 is 9.84 Å². The van der Waals surface area contributed by atoms with E-state index in [1.54, 1.807) is 29.2 Å². The molecule has 2 saturated heterocycles. The van der Waals surface area contributed by atoms with Gasteiger partial charge in [0.1, 0.15) is 0 Å². The van der Waals surface area contributed by atoms with Crippen molar-refractivity contribution >= 4 is 33.8 Å². The number of sulfone groups is 1. The largest absolute Gasteiger partial charge is 0.317 e. The number of hydrogen-bond donors (Lipinski definition) is 1. The first-order valence-corrected chi connectivity index (χ1v) is 9.10. The van der Waals surface area contributed by atoms with Crippen molar-refractivity contribution in [3.63, 3.8) is 0 Å². The van der Waals surface area contributed by atoms with Gasteiger partial charge in [-0.15, -0.1) is 12.4 Å². The lowest BCUT2D eigenvalue weighted by atomic mass is 9.78. The van der Waals surface area contributed by atoms with Gasteiger partial charge < -0.3 is 10.2 Å². The van der Waals surface area contributed by atoms with Crippen LogP contribution in [0.15, 0.2) is 29.2 Å². The monoisotopic (exact) mass is 344 g/mol. The molecular formula is C15H21ClN2O3S. The van der Waals surface area contributed by atoms with Crippen molar-refractivity contribution in [3.05, 3.63) is 24.3 Å². The molecule has 7 heteroatoms. The molecular weight excluding hydrogens is 324 g/mol. The maximum Gasteiger partial charge on any atom is 0.227 e. The van der Waals surface area contributed by atoms with Crippen molar-refractivity contribution in [1.82, 2.24) is 5.32 Å². The topological polar surface area (TPSA) is 66.5 Å². The number of carbonyl (C=O) groups excluding carboxylic acids is 1. The molecule has 1 aromatic carbocycles. The number of benzene rings is 1. The summed E-state index contributed by atoms with van der Waals surface area (Å²) in [5, 5.41) is 3.33. The fourth-order valence-corrected chi connectivity index (χ4v) is 3.93. The number of hydrogen-bond acceptors (Lipinski definition) is 4. The number of amides is 1. The van der Waals surface area contributed by atoms with Gasteiger partial charge in [-0.3, -0.25) is 4.79 Å². The van der Waals surface area contributed by atoms with Gasteiger partial charge in [0, 0.05) is 24.9 Å². The number of halogens is 1. The van der Waals surface area contributed by atoms with Crippen LogP contribution in [0, 0.1) is 5.41 Å². The molecule has 1 aromatic rings. The quantitative estimate of drug-likeness (QED) is 0.885. The lowest BCUT2D eigenvalue weighted by Gasteiger charge is -2.33. The van der Waals surface area contributed by atoms with Gasteiger partial charge in [0.2, 0.25) is 5.91 Å². The minimum Gasteiger partial charge on any atom is -0.317 e. The Hall–Kier alpha value is -1.11. The highest BCUT2D eigenvalue weighted by Gasteiger charge is 2.43. The molecule has 0 bridgehead atoms. The Balaban J connectivity index is 0.00000176. The number of carbonyl (C=O) groups is 1. The number of anilines is 1. The van der Waals surface area contributed by atoms with E-state index in [0.717, 1.165) is 38.2 Å². The summed E-state index contributed by atoms with van der Waals surface area (Å²) in [6.07, 6.45) is 3.84. The minimum atomic E-state index is -3.20. The van der Waals surface area contributed by atoms with Crippen molar-refractivity contribution in [3.8, 4) is 0 Å². The van der Waals surface area contributed by atoms with Crippen LogP contribution in [0.5, 0.6) is 0 Å². The van der Waals surface area contributed by atoms with Crippen LogP contribution >= 0.6 is 12.4 Å². The molecule has 2 aliphatic heterocycles. The van der Waals surface area contributed by atoms with Gasteiger partial charge in [-0.25, -0.2) is 8.42 Å². The molecule has 3 rings (SSSR count). The Morgan fingerprint density at radius 2 is 1.73 bits per heavy atom. The summed E-state index contributed by atoms with van der Waals surface area (Å²) in [5.74, 6) is 0.143. The van der Waals surface area contributed by atoms with Gasteiger partial charge >= 0.3 is 0 Å². The fraction of sp³-hybridized carbons (Fsp3) is 0.533. The third kappa shape index (κ3) is 3.29. The van der Waals surface area contributed by atoms with Crippen LogP contribution in [0.2, 0.25) is 0 Å². The molecule has 0 saturated carbocycles. The summed E-state index contributed by atoms with van der Waals surface area (Å²) in [7, 11) is -3.20. The molecule has 2 fully saturated rings. The average Bonchev–Trinajstić information content (AvgIpc) is 2.75. The van der Waals surface area contributed by atoms with E-state index in [9.17, 15) is 13.2 Å². The van der Waals surface area contributed by atoms with Crippen LogP contribution < -0.4 is 10.2 Å². The van der Waals surface area contributed by atoms with Crippen molar-refractivity contribution in [2.45, 2.75) is 24.2 Å². The van der Waals surface area contributed by atoms with Crippen LogP contribution in [-0.4, -0.2) is 40.2 Å². The van der Waals surface area contributed by atoms with E-state index in [4.69, 9.17) is 0 Å². The van der Waals surface area contributed by atoms with Crippen molar-refractivity contribution in [2.75, 3.05) is 30.8 Å². The van der Waals surface area contributed by atoms with Gasteiger partial charge in [-0.2, -0.15) is 0 Å². The summed E-state index contributed by atoms with van der Waals surface area (Å²) in [5.41, 5.74) is 0.889. The van der Waals surface area contributed by atoms with Gasteiger partial charge in [0.05, 0.1) is 4.90 Å². The molecule has 1 N–H and O–H groups in total. The van der Waals surface area contributed by atoms with Crippen LogP contribution in [0.3, 0.4) is 0 Å². The second-order valence-electron chi connectivity index (χ2n) is 6.17. The van der Waals surface area contributed by atoms with E-state index in [0.29, 0.717) is 6.42 Å². The predicted molar refractivity (Wildman–Crippen MR) is 88.3 cm³/mol. The molecule has 0 unspecified atom stereocenters. The standard InChI is InChI=1S/C15H20N2O3S.ClH/c1-21(19,20)13-4-2-12(3-5-13)17-11-15(10-14(17)18)6-8-16-9-7-15;/h2-5,16H,6-11H2,1H3;1H. The highest BCUT2D eigenvalue weighted by atomic mass is 35.5. The van der Waals surface area contributed by atoms with E-state index >= 15 is 0 Å². The van der Waals surface area contributed by atoms with Gasteiger partial charge in [-0.1, -0.05) is 0 Å². The first kappa shape index (κ1) is 17.2. The zero-order valence-electron chi connectivity index (χ0n) is 12.5. The Morgan fingerprint density at radius 3 is 2.27 bits per heavy atom. The molecule has 122 valence electrons. The molecule has 2 aliphatic rings. The highest BCUT2D eigenvalue weighted by molar-refractivity contribution is 7.90. The van der Waals surface area contributed by atoms with Crippen molar-refractivity contribution in [2.24, 2.45) is 5.41 Å². The predicted octanol–water partition coefficient (Wildman–Crippen LogP) is 1.62. The van der Waals surface area contributed by atoms with Crippen LogP contribution in [0.25, 0.3) is 0 Å². The Bertz CT molecular complexity index is 652. The van der Waals surface area contributed by atoms with Crippen molar-refractivity contribution in [1.29, 1.82) is 0 Å². The fourth-order valence-electron chi connectivity index (χ4n) is 3.30. The van der Waals surface area contributed by atoms with E-state index in [-0.39, 0.29) is 28.6 Å². The molecule has 0 aliphatic carbocycles. The lowest BCUT2D eigenvalue weighted by Crippen LogP contribution is -2.38. The molecule has 0 radical (unpaired) electrons. The average molecular weight is 345 g/mol. The first-order valence-electron chi connectivity index (χ1n) is 7.21. The molecule has 1 spiro atoms. The molecule has 22 heavy (non-hydrogen) atoms. The van der Waals surface area contributed by atoms with Gasteiger partial charge in [-0.05, 0) is 55.6 Å². The molecule has 0 aromatic heterocycles. The van der Waals surface area contributed by atoms with E-state index in [1.807, 2.05) is 0 Å². The third-order valence-corrected chi connectivity index (χ3v) is 5.69. The normalized spacial score (nSPS) is 21.0. The zero-order valence-corrected chi connectivity index (χ0v) is 14.2. The maximum absolute atomic E-state index is 12.3. The number of nitrogens with one attached hydrogen (secondary N) is 1. The maximum atomic E-state index is 12.3. The van der Waals surface area contributed by atoms with E-state index in [1.165, 1.54) is 6.26 Å². The third-order valence-electron chi connectivity index (χ3n) is 4.56. The van der Waals surface area contributed by atoms with Crippen LogP contribution in [0.4, 0.5) is 5.69 Å². The number of rotatable bonds is 2. The second-order valence-corrected chi connectivity index (χ2v) is 8.19. The SMILES string of the molecule is CS(=O)(=O)c1ccc(N2CC3(CCNCC3)CC2=O)cc1.Cl. The second kappa shape index (κ2) is 6.18. The Labute approximate surface area is 137 Å². The van der Waals surface area contributed by atoms with Gasteiger partial charge in [0.15, 0.2) is 9.84 Å². The number of piperidine rings is 1. The summed E-state index contributed by atoms with van der Waals surface area (Å²) in [6.45, 7) is 2.67. The molecule has 5 nitrogen and oxygen atoms in total. The first-order chi connectivity index (χ1) is 9.90. The van der Waals surface area contributed by atoms with Gasteiger partial charge in [0.25, 0.3) is 0 Å². The summed E-state index contributed by atoms with van der Waals surface area (Å²) in [4.78, 5) is 14.4. The van der Waals surface area contributed by atoms with E-state index in [2.05, 4.69) is 5.32 Å². The summed E-state index contributed by atoms with van der Waals surface area (Å²) in [6, 6.07) is 6.61. The Morgan fingerprint density at radius 1 is 1.14 bits per heavy atom. The lowest BCUT2D eigenvalue weighted by molar-refractivity contribution is -0.117. The van der Waals surface area contributed by atoms with Crippen molar-refractivity contribution < 1.29 is 13.2 Å². The molecule has 1 amide bonds. The summed E-state index contributed by atoms with van der Waals surface area (Å²) < 4.78 is 23.0. The number of nitrogens with zero attached hydrogens (tertiary/aromatic N) is 1. The smallest absolute Gasteiger partial charge is 0.227 e. The van der Waals surface area contributed by atoms with Crippen LogP contribution in [-0.2, 0) is 14.6 Å². The molecule has 0 atom stereocenters. The highest BCUT2D eigenvalue weighted by Crippen LogP contribution is 2.41. The molecule has 2 heterocycles. The minimum absolute atomic E-state index is 0.